The fraction of sp³-hybridized carbons (Fsp3) is 0.800. The van der Waals surface area contributed by atoms with Crippen LogP contribution in [0.5, 0.6) is 0 Å². The highest BCUT2D eigenvalue weighted by molar-refractivity contribution is 5.21. The number of aliphatic hydroxyl groups excluding tert-OH is 1. The van der Waals surface area contributed by atoms with Crippen molar-refractivity contribution in [2.45, 2.75) is 58.7 Å². The van der Waals surface area contributed by atoms with Crippen LogP contribution in [0, 0.1) is 0 Å². The van der Waals surface area contributed by atoms with Crippen molar-refractivity contribution in [1.29, 1.82) is 0 Å². The van der Waals surface area contributed by atoms with Gasteiger partial charge in [-0.25, -0.2) is 0 Å². The first-order valence-corrected chi connectivity index (χ1v) is 7.30. The quantitative estimate of drug-likeness (QED) is 0.830. The van der Waals surface area contributed by atoms with Gasteiger partial charge in [-0.1, -0.05) is 13.8 Å². The molecule has 1 rings (SSSR count). The van der Waals surface area contributed by atoms with Gasteiger partial charge >= 0.3 is 0 Å². The molecule has 0 aliphatic rings. The summed E-state index contributed by atoms with van der Waals surface area (Å²) in [6.07, 6.45) is 1.65. The Morgan fingerprint density at radius 2 is 2.00 bits per heavy atom. The normalized spacial score (nSPS) is 14.3. The summed E-state index contributed by atoms with van der Waals surface area (Å²) in [5, 5.41) is 14.4. The molecule has 0 radical (unpaired) electrons. The minimum absolute atomic E-state index is 0.0166. The van der Waals surface area contributed by atoms with Crippen molar-refractivity contribution in [3.8, 4) is 0 Å². The molecule has 1 aromatic rings. The molecule has 0 amide bonds. The molecule has 0 aromatic carbocycles. The van der Waals surface area contributed by atoms with Gasteiger partial charge in [0.15, 0.2) is 0 Å². The zero-order valence-electron chi connectivity index (χ0n) is 13.7. The summed E-state index contributed by atoms with van der Waals surface area (Å²) in [6.45, 7) is 12.4. The molecule has 1 heterocycles. The fourth-order valence-electron chi connectivity index (χ4n) is 2.16. The Hall–Kier alpha value is -0.910. The van der Waals surface area contributed by atoms with Crippen LogP contribution in [-0.4, -0.2) is 46.0 Å². The molecule has 3 N–H and O–H groups in total. The van der Waals surface area contributed by atoms with E-state index < -0.39 is 6.10 Å². The highest BCUT2D eigenvalue weighted by Crippen LogP contribution is 2.23. The summed E-state index contributed by atoms with van der Waals surface area (Å²) >= 11 is 0. The molecule has 0 saturated heterocycles. The number of likely N-dealkylation sites (N-methyl/N-ethyl adjacent to an activating group) is 1. The predicted molar refractivity (Wildman–Crippen MR) is 82.7 cm³/mol. The molecule has 0 fully saturated rings. The third-order valence-corrected chi connectivity index (χ3v) is 3.29. The standard InChI is InChI=1S/C15H30N4O/c1-11(2)14-12(8-18(6)10-13(20)7-16)9-19(17-14)15(3,4)5/h9,11,13,20H,7-8,10,16H2,1-6H3. The van der Waals surface area contributed by atoms with E-state index in [0.29, 0.717) is 19.0 Å². The van der Waals surface area contributed by atoms with E-state index in [1.807, 2.05) is 11.7 Å². The fourth-order valence-corrected chi connectivity index (χ4v) is 2.16. The number of hydrogen-bond acceptors (Lipinski definition) is 4. The Bertz CT molecular complexity index is 420. The van der Waals surface area contributed by atoms with E-state index in [-0.39, 0.29) is 5.54 Å². The van der Waals surface area contributed by atoms with Gasteiger partial charge in [-0.2, -0.15) is 5.10 Å². The monoisotopic (exact) mass is 282 g/mol. The van der Waals surface area contributed by atoms with Gasteiger partial charge < -0.3 is 10.8 Å². The van der Waals surface area contributed by atoms with Crippen LogP contribution < -0.4 is 5.73 Å². The van der Waals surface area contributed by atoms with Gasteiger partial charge in [0.2, 0.25) is 0 Å². The third kappa shape index (κ3) is 4.58. The lowest BCUT2D eigenvalue weighted by Crippen LogP contribution is -2.33. The second-order valence-corrected chi connectivity index (χ2v) is 6.90. The van der Waals surface area contributed by atoms with Crippen LogP contribution in [0.3, 0.4) is 0 Å². The van der Waals surface area contributed by atoms with E-state index in [2.05, 4.69) is 45.7 Å². The van der Waals surface area contributed by atoms with E-state index in [0.717, 1.165) is 12.2 Å². The number of aliphatic hydroxyl groups is 1. The molecule has 0 spiro atoms. The van der Waals surface area contributed by atoms with Gasteiger partial charge in [0.25, 0.3) is 0 Å². The second kappa shape index (κ2) is 6.70. The first kappa shape index (κ1) is 17.1. The first-order chi connectivity index (χ1) is 9.15. The molecular formula is C15H30N4O. The molecule has 20 heavy (non-hydrogen) atoms. The Labute approximate surface area is 122 Å². The van der Waals surface area contributed by atoms with E-state index in [9.17, 15) is 5.11 Å². The van der Waals surface area contributed by atoms with Crippen molar-refractivity contribution in [2.24, 2.45) is 5.73 Å². The molecule has 0 bridgehead atoms. The van der Waals surface area contributed by atoms with E-state index >= 15 is 0 Å². The van der Waals surface area contributed by atoms with E-state index in [4.69, 9.17) is 10.8 Å². The Morgan fingerprint density at radius 3 is 2.45 bits per heavy atom. The molecular weight excluding hydrogens is 252 g/mol. The average Bonchev–Trinajstić information content (AvgIpc) is 2.72. The zero-order valence-corrected chi connectivity index (χ0v) is 13.7. The molecule has 5 nitrogen and oxygen atoms in total. The van der Waals surface area contributed by atoms with Crippen LogP contribution in [0.2, 0.25) is 0 Å². The van der Waals surface area contributed by atoms with Gasteiger partial charge in [-0.15, -0.1) is 0 Å². The molecule has 0 aliphatic carbocycles. The maximum atomic E-state index is 9.63. The van der Waals surface area contributed by atoms with Gasteiger partial charge in [0.05, 0.1) is 17.3 Å². The highest BCUT2D eigenvalue weighted by atomic mass is 16.3. The number of hydrogen-bond donors (Lipinski definition) is 2. The van der Waals surface area contributed by atoms with Crippen molar-refractivity contribution in [3.05, 3.63) is 17.5 Å². The van der Waals surface area contributed by atoms with Crippen molar-refractivity contribution < 1.29 is 5.11 Å². The van der Waals surface area contributed by atoms with Crippen LogP contribution in [0.15, 0.2) is 6.20 Å². The highest BCUT2D eigenvalue weighted by Gasteiger charge is 2.20. The Balaban J connectivity index is 2.90. The summed E-state index contributed by atoms with van der Waals surface area (Å²) in [4.78, 5) is 2.09. The van der Waals surface area contributed by atoms with Crippen LogP contribution in [0.4, 0.5) is 0 Å². The van der Waals surface area contributed by atoms with E-state index in [1.54, 1.807) is 0 Å². The minimum Gasteiger partial charge on any atom is -0.390 e. The zero-order chi connectivity index (χ0) is 15.5. The second-order valence-electron chi connectivity index (χ2n) is 6.90. The van der Waals surface area contributed by atoms with Gasteiger partial charge in [0, 0.05) is 31.4 Å². The lowest BCUT2D eigenvalue weighted by molar-refractivity contribution is 0.129. The van der Waals surface area contributed by atoms with Gasteiger partial charge in [-0.05, 0) is 33.7 Å². The molecule has 0 aliphatic heterocycles. The minimum atomic E-state index is -0.472. The number of aromatic nitrogens is 2. The summed E-state index contributed by atoms with van der Waals surface area (Å²) in [6, 6.07) is 0. The average molecular weight is 282 g/mol. The molecule has 1 atom stereocenters. The summed E-state index contributed by atoms with van der Waals surface area (Å²) < 4.78 is 2.03. The lowest BCUT2D eigenvalue weighted by atomic mass is 10.1. The predicted octanol–water partition coefficient (Wildman–Crippen LogP) is 1.51. The Morgan fingerprint density at radius 1 is 1.40 bits per heavy atom. The largest absolute Gasteiger partial charge is 0.390 e. The van der Waals surface area contributed by atoms with Crippen molar-refractivity contribution >= 4 is 0 Å². The summed E-state index contributed by atoms with van der Waals surface area (Å²) in [7, 11) is 2.00. The maximum absolute atomic E-state index is 9.63. The van der Waals surface area contributed by atoms with Crippen LogP contribution in [0.25, 0.3) is 0 Å². The maximum Gasteiger partial charge on any atom is 0.0789 e. The van der Waals surface area contributed by atoms with Crippen molar-refractivity contribution in [3.63, 3.8) is 0 Å². The molecule has 116 valence electrons. The number of nitrogens with zero attached hydrogens (tertiary/aromatic N) is 3. The Kier molecular flexibility index (Phi) is 5.74. The molecule has 5 heteroatoms. The van der Waals surface area contributed by atoms with Crippen LogP contribution in [0.1, 0.15) is 51.8 Å². The van der Waals surface area contributed by atoms with Crippen molar-refractivity contribution in [2.75, 3.05) is 20.1 Å². The summed E-state index contributed by atoms with van der Waals surface area (Å²) in [5.74, 6) is 0.390. The smallest absolute Gasteiger partial charge is 0.0789 e. The lowest BCUT2D eigenvalue weighted by Gasteiger charge is -2.20. The molecule has 1 aromatic heterocycles. The SMILES string of the molecule is CC(C)c1nn(C(C)(C)C)cc1CN(C)CC(O)CN. The molecule has 0 saturated carbocycles. The summed E-state index contributed by atoms with van der Waals surface area (Å²) in [5.41, 5.74) is 7.80. The van der Waals surface area contributed by atoms with E-state index in [1.165, 1.54) is 5.56 Å². The third-order valence-electron chi connectivity index (χ3n) is 3.29. The molecule has 1 unspecified atom stereocenters. The topological polar surface area (TPSA) is 67.3 Å². The van der Waals surface area contributed by atoms with Crippen LogP contribution >= 0.6 is 0 Å². The number of nitrogens with two attached hydrogens (primary N) is 1. The van der Waals surface area contributed by atoms with Crippen molar-refractivity contribution in [1.82, 2.24) is 14.7 Å². The van der Waals surface area contributed by atoms with Crippen LogP contribution in [-0.2, 0) is 12.1 Å². The number of rotatable bonds is 6. The van der Waals surface area contributed by atoms with Gasteiger partial charge in [-0.3, -0.25) is 9.58 Å². The van der Waals surface area contributed by atoms with Gasteiger partial charge in [0.1, 0.15) is 0 Å². The first-order valence-electron chi connectivity index (χ1n) is 7.30.